The van der Waals surface area contributed by atoms with E-state index in [2.05, 4.69) is 22.9 Å². The molecule has 0 saturated carbocycles. The Labute approximate surface area is 132 Å². The normalized spacial score (nSPS) is 17.0. The molecule has 22 heavy (non-hydrogen) atoms. The molecule has 4 nitrogen and oxygen atoms in total. The van der Waals surface area contributed by atoms with Crippen LogP contribution in [0, 0.1) is 0 Å². The molecule has 1 aliphatic heterocycles. The summed E-state index contributed by atoms with van der Waals surface area (Å²) in [5.41, 5.74) is 6.83. The third kappa shape index (κ3) is 3.51. The van der Waals surface area contributed by atoms with E-state index >= 15 is 0 Å². The minimum absolute atomic E-state index is 0.750. The number of nitrogens with zero attached hydrogens (tertiary/aromatic N) is 2. The van der Waals surface area contributed by atoms with Gasteiger partial charge < -0.3 is 20.3 Å². The zero-order valence-electron chi connectivity index (χ0n) is 13.3. The van der Waals surface area contributed by atoms with Crippen LogP contribution in [0.25, 0.3) is 10.8 Å². The van der Waals surface area contributed by atoms with E-state index in [-0.39, 0.29) is 0 Å². The second-order valence-corrected chi connectivity index (χ2v) is 6.05. The van der Waals surface area contributed by atoms with E-state index < -0.39 is 0 Å². The Morgan fingerprint density at radius 3 is 2.55 bits per heavy atom. The van der Waals surface area contributed by atoms with Crippen LogP contribution in [-0.2, 0) is 0 Å². The summed E-state index contributed by atoms with van der Waals surface area (Å²) in [4.78, 5) is 4.90. The maximum atomic E-state index is 6.02. The largest absolute Gasteiger partial charge is 0.493 e. The van der Waals surface area contributed by atoms with Gasteiger partial charge in [0.1, 0.15) is 5.75 Å². The number of nitrogens with two attached hydrogens (primary N) is 1. The second-order valence-electron chi connectivity index (χ2n) is 6.05. The van der Waals surface area contributed by atoms with Crippen molar-refractivity contribution in [2.75, 3.05) is 52.1 Å². The lowest BCUT2D eigenvalue weighted by Gasteiger charge is -2.32. The first-order valence-corrected chi connectivity index (χ1v) is 8.05. The smallest absolute Gasteiger partial charge is 0.127 e. The highest BCUT2D eigenvalue weighted by atomic mass is 16.5. The average Bonchev–Trinajstić information content (AvgIpc) is 2.54. The lowest BCUT2D eigenvalue weighted by molar-refractivity contribution is 0.145. The highest BCUT2D eigenvalue weighted by Gasteiger charge is 2.13. The van der Waals surface area contributed by atoms with Gasteiger partial charge in [-0.05, 0) is 25.6 Å². The Kier molecular flexibility index (Phi) is 4.80. The molecule has 1 heterocycles. The van der Waals surface area contributed by atoms with Gasteiger partial charge >= 0.3 is 0 Å². The van der Waals surface area contributed by atoms with Gasteiger partial charge in [-0.25, -0.2) is 0 Å². The van der Waals surface area contributed by atoms with Crippen molar-refractivity contribution in [3.05, 3.63) is 36.4 Å². The molecule has 0 aliphatic carbocycles. The van der Waals surface area contributed by atoms with Crippen LogP contribution in [0.1, 0.15) is 6.42 Å². The molecular formula is C18H25N3O. The number of anilines is 1. The van der Waals surface area contributed by atoms with Crippen LogP contribution in [-0.4, -0.2) is 56.2 Å². The van der Waals surface area contributed by atoms with E-state index in [1.54, 1.807) is 0 Å². The predicted molar refractivity (Wildman–Crippen MR) is 92.4 cm³/mol. The van der Waals surface area contributed by atoms with Crippen molar-refractivity contribution in [3.8, 4) is 5.75 Å². The van der Waals surface area contributed by atoms with Gasteiger partial charge in [-0.3, -0.25) is 0 Å². The maximum absolute atomic E-state index is 6.02. The molecule has 0 aromatic heterocycles. The standard InChI is InChI=1S/C18H25N3O/c1-20-10-12-21(13-11-20)9-4-14-22-18-8-3-5-15-16(18)6-2-7-17(15)19/h2-3,5-8H,4,9-14,19H2,1H3. The third-order valence-electron chi connectivity index (χ3n) is 4.39. The number of ether oxygens (including phenoxy) is 1. The summed E-state index contributed by atoms with van der Waals surface area (Å²) in [5, 5.41) is 2.17. The topological polar surface area (TPSA) is 41.7 Å². The van der Waals surface area contributed by atoms with E-state index in [4.69, 9.17) is 10.5 Å². The van der Waals surface area contributed by atoms with Crippen molar-refractivity contribution >= 4 is 16.5 Å². The second kappa shape index (κ2) is 6.99. The Balaban J connectivity index is 1.53. The fourth-order valence-corrected chi connectivity index (χ4v) is 2.97. The lowest BCUT2D eigenvalue weighted by atomic mass is 10.1. The number of fused-ring (bicyclic) bond motifs is 1. The van der Waals surface area contributed by atoms with Crippen LogP contribution in [0.3, 0.4) is 0 Å². The van der Waals surface area contributed by atoms with Crippen molar-refractivity contribution in [3.63, 3.8) is 0 Å². The summed E-state index contributed by atoms with van der Waals surface area (Å²) in [6, 6.07) is 12.1. The summed E-state index contributed by atoms with van der Waals surface area (Å²) >= 11 is 0. The van der Waals surface area contributed by atoms with E-state index in [0.29, 0.717) is 0 Å². The van der Waals surface area contributed by atoms with Crippen molar-refractivity contribution < 1.29 is 4.74 Å². The molecule has 2 aromatic rings. The van der Waals surface area contributed by atoms with Gasteiger partial charge in [0.15, 0.2) is 0 Å². The fourth-order valence-electron chi connectivity index (χ4n) is 2.97. The maximum Gasteiger partial charge on any atom is 0.127 e. The highest BCUT2D eigenvalue weighted by molar-refractivity contribution is 5.96. The van der Waals surface area contributed by atoms with E-state index in [0.717, 1.165) is 41.8 Å². The SMILES string of the molecule is CN1CCN(CCCOc2cccc3c(N)cccc23)CC1. The zero-order valence-corrected chi connectivity index (χ0v) is 13.3. The molecule has 1 fully saturated rings. The van der Waals surface area contributed by atoms with Gasteiger partial charge in [0, 0.05) is 49.2 Å². The first kappa shape index (κ1) is 15.1. The molecule has 0 unspecified atom stereocenters. The summed E-state index contributed by atoms with van der Waals surface area (Å²) < 4.78 is 5.99. The van der Waals surface area contributed by atoms with Crippen molar-refractivity contribution in [1.29, 1.82) is 0 Å². The van der Waals surface area contributed by atoms with Crippen LogP contribution >= 0.6 is 0 Å². The Morgan fingerprint density at radius 2 is 1.73 bits per heavy atom. The lowest BCUT2D eigenvalue weighted by Crippen LogP contribution is -2.44. The zero-order chi connectivity index (χ0) is 15.4. The monoisotopic (exact) mass is 299 g/mol. The molecular weight excluding hydrogens is 274 g/mol. The molecule has 0 spiro atoms. The average molecular weight is 299 g/mol. The summed E-state index contributed by atoms with van der Waals surface area (Å²) in [5.74, 6) is 0.933. The van der Waals surface area contributed by atoms with Crippen molar-refractivity contribution in [1.82, 2.24) is 9.80 Å². The van der Waals surface area contributed by atoms with Gasteiger partial charge in [-0.1, -0.05) is 24.3 Å². The van der Waals surface area contributed by atoms with E-state index in [9.17, 15) is 0 Å². The van der Waals surface area contributed by atoms with Crippen molar-refractivity contribution in [2.45, 2.75) is 6.42 Å². The van der Waals surface area contributed by atoms with Crippen molar-refractivity contribution in [2.24, 2.45) is 0 Å². The number of hydrogen-bond acceptors (Lipinski definition) is 4. The number of benzene rings is 2. The number of likely N-dealkylation sites (N-methyl/N-ethyl adjacent to an activating group) is 1. The minimum Gasteiger partial charge on any atom is -0.493 e. The fraction of sp³-hybridized carbons (Fsp3) is 0.444. The molecule has 0 amide bonds. The predicted octanol–water partition coefficient (Wildman–Crippen LogP) is 2.44. The third-order valence-corrected chi connectivity index (χ3v) is 4.39. The van der Waals surface area contributed by atoms with E-state index in [1.807, 2.05) is 30.3 Å². The molecule has 2 N–H and O–H groups in total. The molecule has 0 atom stereocenters. The summed E-state index contributed by atoms with van der Waals surface area (Å²) in [6.45, 7) is 6.54. The van der Waals surface area contributed by atoms with Crippen LogP contribution < -0.4 is 10.5 Å². The first-order chi connectivity index (χ1) is 10.7. The number of piperazine rings is 1. The van der Waals surface area contributed by atoms with Crippen LogP contribution in [0.15, 0.2) is 36.4 Å². The quantitative estimate of drug-likeness (QED) is 0.680. The Bertz CT molecular complexity index is 621. The molecule has 1 saturated heterocycles. The molecule has 4 heteroatoms. The van der Waals surface area contributed by atoms with Gasteiger partial charge in [0.25, 0.3) is 0 Å². The van der Waals surface area contributed by atoms with Gasteiger partial charge in [-0.2, -0.15) is 0 Å². The molecule has 0 radical (unpaired) electrons. The van der Waals surface area contributed by atoms with Crippen LogP contribution in [0.5, 0.6) is 5.75 Å². The highest BCUT2D eigenvalue weighted by Crippen LogP contribution is 2.29. The van der Waals surface area contributed by atoms with Gasteiger partial charge in [-0.15, -0.1) is 0 Å². The number of hydrogen-bond donors (Lipinski definition) is 1. The molecule has 2 aromatic carbocycles. The molecule has 3 rings (SSSR count). The van der Waals surface area contributed by atoms with Crippen LogP contribution in [0.4, 0.5) is 5.69 Å². The molecule has 118 valence electrons. The number of rotatable bonds is 5. The summed E-state index contributed by atoms with van der Waals surface area (Å²) in [7, 11) is 2.19. The summed E-state index contributed by atoms with van der Waals surface area (Å²) in [6.07, 6.45) is 1.06. The molecule has 0 bridgehead atoms. The Morgan fingerprint density at radius 1 is 1.00 bits per heavy atom. The molecule has 1 aliphatic rings. The van der Waals surface area contributed by atoms with Gasteiger partial charge in [0.2, 0.25) is 0 Å². The first-order valence-electron chi connectivity index (χ1n) is 8.05. The Hall–Kier alpha value is -1.78. The van der Waals surface area contributed by atoms with Gasteiger partial charge in [0.05, 0.1) is 6.61 Å². The number of nitrogen functional groups attached to an aromatic ring is 1. The van der Waals surface area contributed by atoms with Crippen LogP contribution in [0.2, 0.25) is 0 Å². The van der Waals surface area contributed by atoms with E-state index in [1.165, 1.54) is 26.2 Å². The minimum atomic E-state index is 0.750.